The maximum Gasteiger partial charge on any atom is 0.272 e. The van der Waals surface area contributed by atoms with Gasteiger partial charge in [0.25, 0.3) is 11.8 Å². The molecule has 8 N–H and O–H groups in total. The van der Waals surface area contributed by atoms with Gasteiger partial charge in [0.2, 0.25) is 11.8 Å². The van der Waals surface area contributed by atoms with Crippen LogP contribution in [-0.2, 0) is 9.59 Å². The van der Waals surface area contributed by atoms with E-state index in [-0.39, 0.29) is 31.0 Å². The van der Waals surface area contributed by atoms with E-state index in [1.54, 1.807) is 0 Å². The van der Waals surface area contributed by atoms with Crippen LogP contribution in [0.4, 0.5) is 0 Å². The minimum atomic E-state index is -0.691. The summed E-state index contributed by atoms with van der Waals surface area (Å²) in [5.74, 6) is -2.38. The number of aromatic nitrogens is 2. The zero-order valence-electron chi connectivity index (χ0n) is 13.9. The molecule has 0 unspecified atom stereocenters. The number of nitrogens with zero attached hydrogens (tertiary/aromatic N) is 2. The molecule has 0 spiro atoms. The predicted octanol–water partition coefficient (Wildman–Crippen LogP) is -3.49. The lowest BCUT2D eigenvalue weighted by Gasteiger charge is -2.05. The highest BCUT2D eigenvalue weighted by molar-refractivity contribution is 6.05. The summed E-state index contributed by atoms with van der Waals surface area (Å²) in [7, 11) is 2.40. The van der Waals surface area contributed by atoms with Gasteiger partial charge in [0.15, 0.2) is 11.4 Å². The number of hydrogen-bond acceptors (Lipinski definition) is 8. The van der Waals surface area contributed by atoms with Gasteiger partial charge < -0.3 is 32.3 Å². The van der Waals surface area contributed by atoms with Crippen molar-refractivity contribution in [3.63, 3.8) is 0 Å². The van der Waals surface area contributed by atoms with Crippen molar-refractivity contribution >= 4 is 23.6 Å². The fraction of sp³-hybridized carbons (Fsp3) is 0.385. The molecule has 0 aliphatic heterocycles. The molecule has 0 saturated carbocycles. The van der Waals surface area contributed by atoms with E-state index in [1.165, 1.54) is 19.4 Å². The van der Waals surface area contributed by atoms with Crippen molar-refractivity contribution in [3.05, 3.63) is 23.8 Å². The maximum absolute atomic E-state index is 11.6. The van der Waals surface area contributed by atoms with Crippen LogP contribution in [0.15, 0.2) is 12.4 Å². The molecule has 0 saturated heterocycles. The molecular formula is C13H22N6O6. The zero-order valence-corrected chi connectivity index (χ0v) is 13.9. The quantitative estimate of drug-likeness (QED) is 0.300. The predicted molar refractivity (Wildman–Crippen MR) is 86.0 cm³/mol. The Balaban J connectivity index is 0. The third kappa shape index (κ3) is 11.1. The topological polar surface area (TPSA) is 211 Å². The van der Waals surface area contributed by atoms with Gasteiger partial charge in [-0.25, -0.2) is 9.97 Å². The lowest BCUT2D eigenvalue weighted by Crippen LogP contribution is -2.35. The highest BCUT2D eigenvalue weighted by Crippen LogP contribution is 2.01. The van der Waals surface area contributed by atoms with Gasteiger partial charge in [-0.05, 0) is 0 Å². The summed E-state index contributed by atoms with van der Waals surface area (Å²) in [5, 5.41) is 19.5. The fourth-order valence-electron chi connectivity index (χ4n) is 1.15. The summed E-state index contributed by atoms with van der Waals surface area (Å²) >= 11 is 0. The highest BCUT2D eigenvalue weighted by Gasteiger charge is 2.18. The first-order valence-corrected chi connectivity index (χ1v) is 6.76. The molecule has 1 heterocycles. The van der Waals surface area contributed by atoms with E-state index < -0.39 is 23.6 Å². The average molecular weight is 358 g/mol. The maximum atomic E-state index is 11.6. The standard InChI is InChI=1S/C9H11N5O3.C3H7NO2.CH4O/c1-11-8(16)6-7(13-3-2-12-6)9(17)14-4-5(10)15;4-3(6)1-2-5;1-2/h2-3H,4H2,1H3,(H2,10,15)(H,11,16)(H,14,17);5H,1-2H2,(H2,4,6);2H,1H3. The van der Waals surface area contributed by atoms with Crippen molar-refractivity contribution in [3.8, 4) is 0 Å². The Morgan fingerprint density at radius 2 is 1.48 bits per heavy atom. The average Bonchev–Trinajstić information content (AvgIpc) is 2.61. The third-order valence-corrected chi connectivity index (χ3v) is 2.14. The third-order valence-electron chi connectivity index (χ3n) is 2.14. The van der Waals surface area contributed by atoms with Gasteiger partial charge >= 0.3 is 0 Å². The molecule has 12 nitrogen and oxygen atoms in total. The first-order chi connectivity index (χ1) is 11.8. The number of rotatable bonds is 6. The molecule has 0 aliphatic carbocycles. The van der Waals surface area contributed by atoms with E-state index in [0.29, 0.717) is 0 Å². The fourth-order valence-corrected chi connectivity index (χ4v) is 1.15. The van der Waals surface area contributed by atoms with Crippen molar-refractivity contribution in [2.75, 3.05) is 27.3 Å². The molecule has 4 amide bonds. The van der Waals surface area contributed by atoms with Crippen molar-refractivity contribution in [2.24, 2.45) is 11.5 Å². The molecule has 1 aromatic heterocycles. The SMILES string of the molecule is CNC(=O)c1nccnc1C(=O)NCC(N)=O.CO.NC(=O)CCO. The highest BCUT2D eigenvalue weighted by atomic mass is 16.3. The number of aliphatic hydroxyl groups is 2. The normalized spacial score (nSPS) is 8.64. The van der Waals surface area contributed by atoms with Crippen LogP contribution in [0.3, 0.4) is 0 Å². The summed E-state index contributed by atoms with van der Waals surface area (Å²) in [4.78, 5) is 50.6. The van der Waals surface area contributed by atoms with Crippen molar-refractivity contribution in [1.29, 1.82) is 0 Å². The first kappa shape index (κ1) is 24.1. The van der Waals surface area contributed by atoms with Crippen LogP contribution < -0.4 is 22.1 Å². The second-order valence-corrected chi connectivity index (χ2v) is 3.92. The number of nitrogens with two attached hydrogens (primary N) is 2. The zero-order chi connectivity index (χ0) is 19.8. The van der Waals surface area contributed by atoms with E-state index in [9.17, 15) is 19.2 Å². The Morgan fingerprint density at radius 1 is 1.00 bits per heavy atom. The summed E-state index contributed by atoms with van der Waals surface area (Å²) < 4.78 is 0. The number of amides is 4. The Bertz CT molecular complexity index is 580. The van der Waals surface area contributed by atoms with Crippen LogP contribution in [0.2, 0.25) is 0 Å². The van der Waals surface area contributed by atoms with Gasteiger partial charge in [0, 0.05) is 33.0 Å². The van der Waals surface area contributed by atoms with Crippen molar-refractivity contribution < 1.29 is 29.4 Å². The Hall–Kier alpha value is -3.12. The van der Waals surface area contributed by atoms with E-state index in [0.717, 1.165) is 7.11 Å². The molecule has 140 valence electrons. The van der Waals surface area contributed by atoms with Gasteiger partial charge in [-0.1, -0.05) is 0 Å². The number of nitrogens with one attached hydrogen (secondary N) is 2. The second-order valence-electron chi connectivity index (χ2n) is 3.92. The molecule has 0 aromatic carbocycles. The lowest BCUT2D eigenvalue weighted by molar-refractivity contribution is -0.119. The molecule has 0 fully saturated rings. The van der Waals surface area contributed by atoms with Gasteiger partial charge in [-0.3, -0.25) is 19.2 Å². The van der Waals surface area contributed by atoms with Gasteiger partial charge in [0.1, 0.15) is 0 Å². The molecule has 0 bridgehead atoms. The Kier molecular flexibility index (Phi) is 14.0. The second kappa shape index (κ2) is 14.5. The summed E-state index contributed by atoms with van der Waals surface area (Å²) in [5.41, 5.74) is 9.20. The van der Waals surface area contributed by atoms with Gasteiger partial charge in [0.05, 0.1) is 13.2 Å². The number of carbonyl (C=O) groups excluding carboxylic acids is 4. The van der Waals surface area contributed by atoms with Gasteiger partial charge in [-0.2, -0.15) is 0 Å². The molecule has 0 radical (unpaired) electrons. The number of primary amides is 2. The molecule has 12 heteroatoms. The Labute approximate surface area is 143 Å². The summed E-state index contributed by atoms with van der Waals surface area (Å²) in [6, 6.07) is 0. The molecular weight excluding hydrogens is 336 g/mol. The monoisotopic (exact) mass is 358 g/mol. The van der Waals surface area contributed by atoms with E-state index in [2.05, 4.69) is 26.3 Å². The molecule has 0 atom stereocenters. The number of aliphatic hydroxyl groups excluding tert-OH is 2. The molecule has 25 heavy (non-hydrogen) atoms. The molecule has 1 rings (SSSR count). The largest absolute Gasteiger partial charge is 0.400 e. The van der Waals surface area contributed by atoms with Crippen LogP contribution in [0, 0.1) is 0 Å². The summed E-state index contributed by atoms with van der Waals surface area (Å²) in [6.07, 6.45) is 2.63. The van der Waals surface area contributed by atoms with Crippen LogP contribution in [0.1, 0.15) is 27.4 Å². The van der Waals surface area contributed by atoms with E-state index in [1.807, 2.05) is 0 Å². The minimum absolute atomic E-state index is 0.0694. The van der Waals surface area contributed by atoms with Crippen molar-refractivity contribution in [1.82, 2.24) is 20.6 Å². The molecule has 1 aromatic rings. The van der Waals surface area contributed by atoms with Gasteiger partial charge in [-0.15, -0.1) is 0 Å². The number of carbonyl (C=O) groups is 4. The lowest BCUT2D eigenvalue weighted by atomic mass is 10.2. The van der Waals surface area contributed by atoms with Crippen LogP contribution >= 0.6 is 0 Å². The Morgan fingerprint density at radius 3 is 1.80 bits per heavy atom. The number of hydrogen-bond donors (Lipinski definition) is 6. The smallest absolute Gasteiger partial charge is 0.272 e. The van der Waals surface area contributed by atoms with Crippen molar-refractivity contribution in [2.45, 2.75) is 6.42 Å². The van der Waals surface area contributed by atoms with Crippen LogP contribution in [-0.4, -0.2) is 71.1 Å². The minimum Gasteiger partial charge on any atom is -0.400 e. The summed E-state index contributed by atoms with van der Waals surface area (Å²) in [6.45, 7) is -0.474. The van der Waals surface area contributed by atoms with E-state index >= 15 is 0 Å². The first-order valence-electron chi connectivity index (χ1n) is 6.76. The van der Waals surface area contributed by atoms with Crippen LogP contribution in [0.5, 0.6) is 0 Å². The molecule has 0 aliphatic rings. The van der Waals surface area contributed by atoms with E-state index in [4.69, 9.17) is 15.9 Å². The van der Waals surface area contributed by atoms with Crippen LogP contribution in [0.25, 0.3) is 0 Å².